The average Bonchev–Trinajstić information content (AvgIpc) is 3.64. The van der Waals surface area contributed by atoms with Gasteiger partial charge in [-0.15, -0.1) is 11.0 Å². The van der Waals surface area contributed by atoms with Crippen LogP contribution in [-0.4, -0.2) is 52.6 Å². The molecular weight excluding hydrogens is 671 g/mol. The predicted molar refractivity (Wildman–Crippen MR) is 228 cm³/mol. The Hall–Kier alpha value is -2.26. The van der Waals surface area contributed by atoms with E-state index >= 15 is 0 Å². The fourth-order valence-electron chi connectivity index (χ4n) is 5.22. The van der Waals surface area contributed by atoms with E-state index < -0.39 is 0 Å². The fourth-order valence-corrected chi connectivity index (χ4v) is 5.75. The SMILES string of the molecule is C=CC.CC.CC.CCCCCCCCCCCCCCCCCCCC(=O)OCC.CCCCCCOc1nsnc1C1=CCCNC1.O=CO. The van der Waals surface area contributed by atoms with Crippen molar-refractivity contribution in [2.45, 2.75) is 203 Å². The molecule has 0 atom stereocenters. The second-order valence-corrected chi connectivity index (χ2v) is 12.8. The molecule has 1 aliphatic rings. The molecule has 2 heterocycles. The standard InChI is InChI=1S/C22H44O2.C13H21N3OS.C3H6.2C2H6.CH2O2/c1-3-5-6-7-8-9-10-11-12-13-14-15-16-17-18-19-20-21-22(23)24-4-2;1-2-3-4-5-9-17-13-12(15-18-16-13)11-7-6-8-14-10-11;1-3-2;2*1-2;2-1-3/h3-21H2,1-2H3;7,14H,2-6,8-10H2,1H3;3H,1H2,2H3;2*1-2H3;1H,(H,2,3). The zero-order valence-electron chi connectivity index (χ0n) is 35.4. The molecule has 1 aromatic heterocycles. The number of unbranched alkanes of at least 4 members (excludes halogenated alkanes) is 19. The van der Waals surface area contributed by atoms with Gasteiger partial charge in [-0.3, -0.25) is 9.59 Å². The third-order valence-electron chi connectivity index (χ3n) is 7.82. The van der Waals surface area contributed by atoms with Gasteiger partial charge in [0.15, 0.2) is 0 Å². The van der Waals surface area contributed by atoms with Gasteiger partial charge in [-0.1, -0.05) is 176 Å². The van der Waals surface area contributed by atoms with E-state index in [9.17, 15) is 4.79 Å². The number of allylic oxidation sites excluding steroid dienone is 1. The molecule has 0 aliphatic carbocycles. The van der Waals surface area contributed by atoms with Gasteiger partial charge in [-0.25, -0.2) is 0 Å². The van der Waals surface area contributed by atoms with Gasteiger partial charge >= 0.3 is 5.97 Å². The first kappa shape index (κ1) is 56.5. The highest BCUT2D eigenvalue weighted by Gasteiger charge is 2.15. The molecule has 8 nitrogen and oxygen atoms in total. The molecule has 308 valence electrons. The second-order valence-electron chi connectivity index (χ2n) is 12.2. The maximum atomic E-state index is 11.2. The molecule has 2 rings (SSSR count). The maximum Gasteiger partial charge on any atom is 0.305 e. The summed E-state index contributed by atoms with van der Waals surface area (Å²) in [6, 6.07) is 0. The number of carbonyl (C=O) groups is 2. The normalized spacial score (nSPS) is 11.1. The fraction of sp³-hybridized carbons (Fsp3) is 0.814. The van der Waals surface area contributed by atoms with Crippen molar-refractivity contribution in [2.24, 2.45) is 0 Å². The Kier molecular flexibility index (Phi) is 57.7. The van der Waals surface area contributed by atoms with Gasteiger partial charge in [0.25, 0.3) is 12.4 Å². The topological polar surface area (TPSA) is 111 Å². The Bertz CT molecular complexity index is 858. The van der Waals surface area contributed by atoms with Crippen LogP contribution < -0.4 is 10.1 Å². The Morgan fingerprint density at radius 2 is 1.21 bits per heavy atom. The predicted octanol–water partition coefficient (Wildman–Crippen LogP) is 13.4. The van der Waals surface area contributed by atoms with Crippen LogP contribution in [0.25, 0.3) is 5.57 Å². The van der Waals surface area contributed by atoms with Crippen molar-refractivity contribution in [3.63, 3.8) is 0 Å². The number of hydrogen-bond acceptors (Lipinski definition) is 8. The smallest absolute Gasteiger partial charge is 0.305 e. The highest BCUT2D eigenvalue weighted by atomic mass is 32.1. The van der Waals surface area contributed by atoms with Crippen molar-refractivity contribution in [2.75, 3.05) is 26.3 Å². The summed E-state index contributed by atoms with van der Waals surface area (Å²) in [4.78, 5) is 19.5. The van der Waals surface area contributed by atoms with Gasteiger partial charge in [0.05, 0.1) is 24.9 Å². The molecule has 1 aliphatic heterocycles. The summed E-state index contributed by atoms with van der Waals surface area (Å²) in [7, 11) is 0. The van der Waals surface area contributed by atoms with Crippen LogP contribution in [-0.2, 0) is 14.3 Å². The number of nitrogens with one attached hydrogen (secondary N) is 1. The summed E-state index contributed by atoms with van der Waals surface area (Å²) in [6.07, 6.45) is 33.8. The molecule has 0 radical (unpaired) electrons. The van der Waals surface area contributed by atoms with Crippen LogP contribution in [0.3, 0.4) is 0 Å². The van der Waals surface area contributed by atoms with Gasteiger partial charge < -0.3 is 19.9 Å². The summed E-state index contributed by atoms with van der Waals surface area (Å²) < 4.78 is 19.3. The van der Waals surface area contributed by atoms with Crippen molar-refractivity contribution in [3.8, 4) is 5.88 Å². The third-order valence-corrected chi connectivity index (χ3v) is 8.33. The average molecular weight is 756 g/mol. The minimum Gasteiger partial charge on any atom is -0.483 e. The molecule has 0 fully saturated rings. The third kappa shape index (κ3) is 43.9. The molecule has 0 amide bonds. The largest absolute Gasteiger partial charge is 0.483 e. The molecule has 52 heavy (non-hydrogen) atoms. The lowest BCUT2D eigenvalue weighted by Crippen LogP contribution is -2.21. The molecule has 0 aromatic carbocycles. The van der Waals surface area contributed by atoms with Crippen molar-refractivity contribution in [3.05, 3.63) is 24.4 Å². The first-order valence-electron chi connectivity index (χ1n) is 21.2. The van der Waals surface area contributed by atoms with E-state index in [4.69, 9.17) is 19.4 Å². The van der Waals surface area contributed by atoms with Crippen LogP contribution in [0, 0.1) is 0 Å². The van der Waals surface area contributed by atoms with E-state index in [1.807, 2.05) is 41.5 Å². The lowest BCUT2D eigenvalue weighted by Gasteiger charge is -2.13. The van der Waals surface area contributed by atoms with E-state index in [0.717, 1.165) is 44.7 Å². The number of carbonyl (C=O) groups excluding carboxylic acids is 1. The minimum absolute atomic E-state index is 0.0292. The van der Waals surface area contributed by atoms with Gasteiger partial charge in [-0.05, 0) is 45.2 Å². The summed E-state index contributed by atoms with van der Waals surface area (Å²) in [5.41, 5.74) is 2.15. The van der Waals surface area contributed by atoms with Crippen molar-refractivity contribution >= 4 is 29.7 Å². The van der Waals surface area contributed by atoms with Crippen LogP contribution >= 0.6 is 11.7 Å². The van der Waals surface area contributed by atoms with Crippen LogP contribution in [0.5, 0.6) is 5.88 Å². The van der Waals surface area contributed by atoms with E-state index in [0.29, 0.717) is 18.9 Å². The Morgan fingerprint density at radius 1 is 0.788 bits per heavy atom. The first-order chi connectivity index (χ1) is 25.6. The summed E-state index contributed by atoms with van der Waals surface area (Å²) >= 11 is 1.23. The van der Waals surface area contributed by atoms with Gasteiger partial charge in [0.1, 0.15) is 5.69 Å². The Balaban J connectivity index is -0.000000360. The first-order valence-corrected chi connectivity index (χ1v) is 21.9. The quantitative estimate of drug-likeness (QED) is 0.0416. The van der Waals surface area contributed by atoms with Crippen LogP contribution in [0.15, 0.2) is 18.7 Å². The van der Waals surface area contributed by atoms with Crippen molar-refractivity contribution < 1.29 is 24.2 Å². The molecule has 9 heteroatoms. The van der Waals surface area contributed by atoms with E-state index in [-0.39, 0.29) is 12.4 Å². The minimum atomic E-state index is -0.250. The molecule has 0 saturated carbocycles. The number of esters is 1. The Labute approximate surface area is 326 Å². The molecule has 0 bridgehead atoms. The molecule has 1 aromatic rings. The lowest BCUT2D eigenvalue weighted by atomic mass is 10.0. The van der Waals surface area contributed by atoms with Crippen molar-refractivity contribution in [1.29, 1.82) is 0 Å². The highest BCUT2D eigenvalue weighted by Crippen LogP contribution is 2.25. The van der Waals surface area contributed by atoms with Crippen LogP contribution in [0.4, 0.5) is 0 Å². The Morgan fingerprint density at radius 3 is 1.62 bits per heavy atom. The van der Waals surface area contributed by atoms with E-state index in [2.05, 4.69) is 40.6 Å². The number of carboxylic acid groups (broad SMARTS) is 1. The molecule has 0 saturated heterocycles. The van der Waals surface area contributed by atoms with Gasteiger partial charge in [0, 0.05) is 13.0 Å². The summed E-state index contributed by atoms with van der Waals surface area (Å²) in [5.74, 6) is 0.685. The van der Waals surface area contributed by atoms with Crippen LogP contribution in [0.1, 0.15) is 209 Å². The molecule has 0 unspecified atom stereocenters. The number of rotatable bonds is 26. The molecule has 0 spiro atoms. The van der Waals surface area contributed by atoms with E-state index in [1.54, 1.807) is 6.08 Å². The number of hydrogen-bond donors (Lipinski definition) is 2. The van der Waals surface area contributed by atoms with Gasteiger partial charge in [0.2, 0.25) is 0 Å². The summed E-state index contributed by atoms with van der Waals surface area (Å²) in [6.45, 7) is 22.5. The van der Waals surface area contributed by atoms with Crippen molar-refractivity contribution in [1.82, 2.24) is 14.1 Å². The van der Waals surface area contributed by atoms with E-state index in [1.165, 1.54) is 139 Å². The number of nitrogens with zero attached hydrogens (tertiary/aromatic N) is 2. The lowest BCUT2D eigenvalue weighted by molar-refractivity contribution is -0.143. The number of ether oxygens (including phenoxy) is 2. The zero-order valence-corrected chi connectivity index (χ0v) is 36.2. The molecule has 2 N–H and O–H groups in total. The highest BCUT2D eigenvalue weighted by molar-refractivity contribution is 6.99. The monoisotopic (exact) mass is 756 g/mol. The number of aromatic nitrogens is 2. The molecular formula is C43H85N3O5S. The second kappa shape index (κ2) is 53.1. The maximum absolute atomic E-state index is 11.2. The van der Waals surface area contributed by atoms with Gasteiger partial charge in [-0.2, -0.15) is 4.37 Å². The van der Waals surface area contributed by atoms with Crippen LogP contribution in [0.2, 0.25) is 0 Å². The zero-order chi connectivity index (χ0) is 39.8. The summed E-state index contributed by atoms with van der Waals surface area (Å²) in [5, 5.41) is 10.2.